The number of fused-ring (bicyclic) bond motifs is 7. The quantitative estimate of drug-likeness (QED) is 0.177. The average molecular weight is 734 g/mol. The maximum absolute atomic E-state index is 14.7. The van der Waals surface area contributed by atoms with E-state index in [4.69, 9.17) is 9.84 Å². The van der Waals surface area contributed by atoms with Gasteiger partial charge < -0.3 is 14.2 Å². The molecule has 3 aliphatic heterocycles. The van der Waals surface area contributed by atoms with Crippen molar-refractivity contribution in [1.29, 1.82) is 0 Å². The van der Waals surface area contributed by atoms with Crippen LogP contribution in [0.3, 0.4) is 0 Å². The molecule has 278 valence electrons. The Kier molecular flexibility index (Phi) is 9.15. The van der Waals surface area contributed by atoms with Gasteiger partial charge in [-0.2, -0.15) is 5.10 Å². The highest BCUT2D eigenvalue weighted by Gasteiger charge is 2.46. The Morgan fingerprint density at radius 2 is 1.79 bits per heavy atom. The van der Waals surface area contributed by atoms with Crippen molar-refractivity contribution in [3.05, 3.63) is 70.5 Å². The maximum Gasteiger partial charge on any atom is 0.262 e. The van der Waals surface area contributed by atoms with E-state index in [0.717, 1.165) is 85.4 Å². The normalized spacial score (nSPS) is 21.8. The topological polar surface area (TPSA) is 87.9 Å². The van der Waals surface area contributed by atoms with Gasteiger partial charge in [0.15, 0.2) is 0 Å². The number of methoxy groups -OCH3 is 1. The zero-order valence-corrected chi connectivity index (χ0v) is 32.3. The monoisotopic (exact) mass is 733 g/mol. The number of hydrogen-bond acceptors (Lipinski definition) is 7. The number of carbonyl (C=O) groups is 2. The largest absolute Gasteiger partial charge is 0.497 e. The van der Waals surface area contributed by atoms with Crippen molar-refractivity contribution in [2.75, 3.05) is 40.8 Å². The number of benzene rings is 2. The zero-order chi connectivity index (χ0) is 36.4. The molecule has 11 heteroatoms. The van der Waals surface area contributed by atoms with Gasteiger partial charge in [-0.15, -0.1) is 0 Å². The summed E-state index contributed by atoms with van der Waals surface area (Å²) in [5, 5.41) is 6.23. The second kappa shape index (κ2) is 14.0. The highest BCUT2D eigenvalue weighted by Crippen LogP contribution is 2.48. The SMILES string of the molecule is CCN1CC2CC1CN2C(=O)c1cnn(C2CCC2)c1C1=Cc2cc(OC)ccc2-c2c(C3CCCCC3)c3ccc(C(=O)NSN(C)C)cc3n2C1. The standard InChI is InChI=1S/C42H51N7O3S/c1-5-46-24-32-21-31(46)25-47(32)42(51)36-22-43-49(30-12-9-13-30)39(36)29-18-28-19-33(52-4)15-17-34(28)40-38(26-10-7-6-8-11-26)35-16-14-27(20-37(35)48(40)23-29)41(50)44-53-45(2)3/h14-20,22,26,30-32H,5-13,21,23-25H2,1-4H3,(H,44,50). The van der Waals surface area contributed by atoms with Crippen molar-refractivity contribution in [1.82, 2.24) is 33.2 Å². The lowest BCUT2D eigenvalue weighted by molar-refractivity contribution is 0.0630. The molecule has 5 aliphatic rings. The molecule has 5 heterocycles. The molecule has 2 saturated carbocycles. The highest BCUT2D eigenvalue weighted by molar-refractivity contribution is 7.95. The predicted octanol–water partition coefficient (Wildman–Crippen LogP) is 7.61. The number of nitrogens with one attached hydrogen (secondary N) is 1. The number of amides is 2. The molecule has 4 aromatic rings. The van der Waals surface area contributed by atoms with Gasteiger partial charge in [0.2, 0.25) is 0 Å². The number of carbonyl (C=O) groups excluding carboxylic acids is 2. The van der Waals surface area contributed by atoms with E-state index in [2.05, 4.69) is 67.1 Å². The van der Waals surface area contributed by atoms with Crippen LogP contribution in [0.1, 0.15) is 114 Å². The van der Waals surface area contributed by atoms with E-state index in [1.165, 1.54) is 54.5 Å². The Hall–Kier alpha value is -4.06. The summed E-state index contributed by atoms with van der Waals surface area (Å²) in [6.07, 6.45) is 14.5. The maximum atomic E-state index is 14.7. The third-order valence-corrected chi connectivity index (χ3v) is 13.3. The van der Waals surface area contributed by atoms with E-state index < -0.39 is 0 Å². The van der Waals surface area contributed by atoms with Crippen LogP contribution in [0.15, 0.2) is 42.6 Å². The van der Waals surface area contributed by atoms with E-state index in [1.54, 1.807) is 7.11 Å². The third kappa shape index (κ3) is 5.99. The number of rotatable bonds is 9. The Labute approximate surface area is 316 Å². The Balaban J connectivity index is 1.23. The number of allylic oxidation sites excluding steroid dienone is 1. The van der Waals surface area contributed by atoms with Gasteiger partial charge in [0.1, 0.15) is 5.75 Å². The van der Waals surface area contributed by atoms with E-state index in [-0.39, 0.29) is 23.9 Å². The van der Waals surface area contributed by atoms with Crippen molar-refractivity contribution in [3.8, 4) is 17.0 Å². The Morgan fingerprint density at radius 1 is 0.962 bits per heavy atom. The molecular formula is C42H51N7O3S. The molecule has 0 radical (unpaired) electrons. The predicted molar refractivity (Wildman–Crippen MR) is 212 cm³/mol. The first kappa shape index (κ1) is 34.7. The summed E-state index contributed by atoms with van der Waals surface area (Å²) < 4.78 is 15.3. The Bertz CT molecular complexity index is 2110. The van der Waals surface area contributed by atoms with Gasteiger partial charge in [-0.25, -0.2) is 4.31 Å². The van der Waals surface area contributed by atoms with Crippen molar-refractivity contribution in [2.45, 2.75) is 95.3 Å². The summed E-state index contributed by atoms with van der Waals surface area (Å²) in [5.74, 6) is 1.21. The number of aromatic nitrogens is 3. The molecule has 9 rings (SSSR count). The van der Waals surface area contributed by atoms with Gasteiger partial charge in [-0.3, -0.25) is 23.9 Å². The van der Waals surface area contributed by atoms with Gasteiger partial charge in [-0.05, 0) is 118 Å². The van der Waals surface area contributed by atoms with Crippen LogP contribution in [-0.4, -0.2) is 93.2 Å². The lowest BCUT2D eigenvalue weighted by Crippen LogP contribution is -2.48. The molecule has 2 saturated heterocycles. The molecule has 2 bridgehead atoms. The van der Waals surface area contributed by atoms with Crippen molar-refractivity contribution in [3.63, 3.8) is 0 Å². The molecule has 4 fully saturated rings. The molecule has 10 nitrogen and oxygen atoms in total. The van der Waals surface area contributed by atoms with Gasteiger partial charge in [-0.1, -0.05) is 32.3 Å². The van der Waals surface area contributed by atoms with E-state index >= 15 is 0 Å². The fraction of sp³-hybridized carbons (Fsp3) is 0.500. The average Bonchev–Trinajstić information content (AvgIpc) is 3.92. The molecule has 2 aromatic heterocycles. The van der Waals surface area contributed by atoms with Gasteiger partial charge >= 0.3 is 0 Å². The minimum Gasteiger partial charge on any atom is -0.497 e. The summed E-state index contributed by atoms with van der Waals surface area (Å²) in [6.45, 7) is 5.52. The zero-order valence-electron chi connectivity index (χ0n) is 31.4. The first-order valence-corrected chi connectivity index (χ1v) is 20.4. The lowest BCUT2D eigenvalue weighted by Gasteiger charge is -2.34. The van der Waals surface area contributed by atoms with Crippen LogP contribution in [0.4, 0.5) is 0 Å². The van der Waals surface area contributed by atoms with E-state index in [9.17, 15) is 9.59 Å². The minimum absolute atomic E-state index is 0.0997. The van der Waals surface area contributed by atoms with Gasteiger partial charge in [0.05, 0.1) is 42.8 Å². The van der Waals surface area contributed by atoms with Gasteiger partial charge in [0.25, 0.3) is 11.8 Å². The molecule has 2 amide bonds. The van der Waals surface area contributed by atoms with Crippen LogP contribution in [0.5, 0.6) is 5.75 Å². The fourth-order valence-electron chi connectivity index (χ4n) is 9.81. The van der Waals surface area contributed by atoms with E-state index in [0.29, 0.717) is 29.6 Å². The van der Waals surface area contributed by atoms with Gasteiger partial charge in [0, 0.05) is 59.3 Å². The summed E-state index contributed by atoms with van der Waals surface area (Å²) in [7, 11) is 5.55. The number of likely N-dealkylation sites (tertiary alicyclic amines) is 2. The number of ether oxygens (including phenoxy) is 1. The minimum atomic E-state index is -0.118. The summed E-state index contributed by atoms with van der Waals surface area (Å²) >= 11 is 1.28. The molecule has 1 N–H and O–H groups in total. The van der Waals surface area contributed by atoms with Crippen LogP contribution < -0.4 is 9.46 Å². The molecule has 2 aromatic carbocycles. The highest BCUT2D eigenvalue weighted by atomic mass is 32.2. The molecule has 2 atom stereocenters. The van der Waals surface area contributed by atoms with Crippen molar-refractivity contribution in [2.24, 2.45) is 0 Å². The molecule has 0 spiro atoms. The number of likely N-dealkylation sites (N-methyl/N-ethyl adjacent to an activating group) is 1. The van der Waals surface area contributed by atoms with Crippen LogP contribution in [0.2, 0.25) is 0 Å². The van der Waals surface area contributed by atoms with Crippen LogP contribution in [0, 0.1) is 0 Å². The number of nitrogens with zero attached hydrogens (tertiary/aromatic N) is 6. The van der Waals surface area contributed by atoms with E-state index in [1.807, 2.05) is 30.7 Å². The molecular weight excluding hydrogens is 683 g/mol. The van der Waals surface area contributed by atoms with Crippen LogP contribution in [-0.2, 0) is 6.54 Å². The van der Waals surface area contributed by atoms with Crippen molar-refractivity contribution < 1.29 is 14.3 Å². The van der Waals surface area contributed by atoms with Crippen LogP contribution in [0.25, 0.3) is 33.8 Å². The second-order valence-electron chi connectivity index (χ2n) is 15.9. The lowest BCUT2D eigenvalue weighted by atomic mass is 9.81. The first-order valence-electron chi connectivity index (χ1n) is 19.7. The first-order chi connectivity index (χ1) is 25.8. The second-order valence-corrected chi connectivity index (χ2v) is 17.0. The number of hydrogen-bond donors (Lipinski definition) is 1. The molecule has 2 aliphatic carbocycles. The smallest absolute Gasteiger partial charge is 0.262 e. The van der Waals surface area contributed by atoms with Crippen LogP contribution >= 0.6 is 12.1 Å². The molecule has 2 unspecified atom stereocenters. The summed E-state index contributed by atoms with van der Waals surface area (Å²) in [6, 6.07) is 13.6. The van der Waals surface area contributed by atoms with Crippen molar-refractivity contribution >= 4 is 46.5 Å². The third-order valence-electron chi connectivity index (χ3n) is 12.6. The summed E-state index contributed by atoms with van der Waals surface area (Å²) in [4.78, 5) is 32.9. The Morgan fingerprint density at radius 3 is 2.49 bits per heavy atom. The number of piperazine rings is 1. The summed E-state index contributed by atoms with van der Waals surface area (Å²) in [5.41, 5.74) is 9.23. The molecule has 53 heavy (non-hydrogen) atoms. The fourth-order valence-corrected chi connectivity index (χ4v) is 10.2.